The second-order valence-electron chi connectivity index (χ2n) is 7.41. The Balaban J connectivity index is 1.50. The third-order valence-electron chi connectivity index (χ3n) is 5.25. The third-order valence-corrected chi connectivity index (χ3v) is 5.25. The van der Waals surface area contributed by atoms with Crippen LogP contribution in [-0.4, -0.2) is 74.7 Å². The zero-order valence-electron chi connectivity index (χ0n) is 18.3. The summed E-state index contributed by atoms with van der Waals surface area (Å²) in [5.74, 6) is -0.980. The molecule has 1 aromatic carbocycles. The first kappa shape index (κ1) is 22.6. The van der Waals surface area contributed by atoms with Gasteiger partial charge in [0.15, 0.2) is 5.69 Å². The van der Waals surface area contributed by atoms with Gasteiger partial charge in [0.05, 0.1) is 18.9 Å². The van der Waals surface area contributed by atoms with Gasteiger partial charge in [-0.25, -0.2) is 4.79 Å². The second kappa shape index (κ2) is 10.3. The molecule has 2 aromatic heterocycles. The largest absolute Gasteiger partial charge is 0.379 e. The number of carbonyl (C=O) groups is 1. The number of benzene rings is 1. The fourth-order valence-corrected chi connectivity index (χ4v) is 3.49. The highest BCUT2D eigenvalue weighted by Crippen LogP contribution is 2.10. The molecule has 3 aromatic rings. The monoisotopic (exact) mass is 455 g/mol. The van der Waals surface area contributed by atoms with E-state index in [4.69, 9.17) is 9.26 Å². The van der Waals surface area contributed by atoms with Crippen LogP contribution in [-0.2, 0) is 11.3 Å². The van der Waals surface area contributed by atoms with Crippen molar-refractivity contribution in [2.75, 3.05) is 39.4 Å². The number of ether oxygens (including phenoxy) is 1. The molecule has 3 heterocycles. The molecule has 1 saturated heterocycles. The Morgan fingerprint density at radius 1 is 1.15 bits per heavy atom. The number of para-hydroxylation sites is 1. The van der Waals surface area contributed by atoms with Crippen molar-refractivity contribution < 1.29 is 14.1 Å². The molecule has 0 unspecified atom stereocenters. The maximum absolute atomic E-state index is 12.8. The molecule has 1 fully saturated rings. The van der Waals surface area contributed by atoms with Crippen molar-refractivity contribution in [3.63, 3.8) is 0 Å². The highest BCUT2D eigenvalue weighted by atomic mass is 16.5. The van der Waals surface area contributed by atoms with E-state index in [1.165, 1.54) is 0 Å². The van der Waals surface area contributed by atoms with E-state index in [1.807, 2.05) is 0 Å². The summed E-state index contributed by atoms with van der Waals surface area (Å²) in [7, 11) is 0. The van der Waals surface area contributed by atoms with E-state index in [1.54, 1.807) is 37.3 Å². The van der Waals surface area contributed by atoms with Gasteiger partial charge in [0.25, 0.3) is 5.56 Å². The molecule has 1 aliphatic heterocycles. The quantitative estimate of drug-likeness (QED) is 0.462. The zero-order valence-corrected chi connectivity index (χ0v) is 18.3. The number of morpholine rings is 1. The topological polar surface area (TPSA) is 137 Å². The van der Waals surface area contributed by atoms with Crippen molar-refractivity contribution in [3.8, 4) is 17.2 Å². The molecule has 33 heavy (non-hydrogen) atoms. The molecule has 0 atom stereocenters. The molecule has 1 amide bonds. The van der Waals surface area contributed by atoms with Gasteiger partial charge in [0, 0.05) is 26.2 Å². The minimum Gasteiger partial charge on any atom is -0.379 e. The van der Waals surface area contributed by atoms with Gasteiger partial charge >= 0.3 is 17.5 Å². The summed E-state index contributed by atoms with van der Waals surface area (Å²) in [6.07, 6.45) is 0.761. The number of rotatable bonds is 8. The van der Waals surface area contributed by atoms with Crippen LogP contribution in [0.25, 0.3) is 17.2 Å². The molecule has 174 valence electrons. The summed E-state index contributed by atoms with van der Waals surface area (Å²) in [4.78, 5) is 44.2. The van der Waals surface area contributed by atoms with Gasteiger partial charge in [-0.3, -0.25) is 19.1 Å². The summed E-state index contributed by atoms with van der Waals surface area (Å²) in [6, 6.07) is 8.68. The Bertz CT molecular complexity index is 1210. The smallest absolute Gasteiger partial charge is 0.352 e. The van der Waals surface area contributed by atoms with E-state index in [0.717, 1.165) is 48.5 Å². The predicted molar refractivity (Wildman–Crippen MR) is 117 cm³/mol. The van der Waals surface area contributed by atoms with E-state index in [9.17, 15) is 14.4 Å². The highest BCUT2D eigenvalue weighted by Gasteiger charge is 2.22. The lowest BCUT2D eigenvalue weighted by Gasteiger charge is -2.26. The molecular weight excluding hydrogens is 430 g/mol. The van der Waals surface area contributed by atoms with Gasteiger partial charge in [-0.2, -0.15) is 14.8 Å². The van der Waals surface area contributed by atoms with Gasteiger partial charge in [0.1, 0.15) is 0 Å². The van der Waals surface area contributed by atoms with E-state index in [2.05, 4.69) is 25.5 Å². The Morgan fingerprint density at radius 2 is 1.91 bits per heavy atom. The lowest BCUT2D eigenvalue weighted by atomic mass is 10.3. The Morgan fingerprint density at radius 3 is 2.64 bits per heavy atom. The number of hydrogen-bond acceptors (Lipinski definition) is 9. The molecular formula is C21H25N7O5. The van der Waals surface area contributed by atoms with Crippen molar-refractivity contribution in [2.24, 2.45) is 0 Å². The van der Waals surface area contributed by atoms with Crippen molar-refractivity contribution >= 4 is 5.91 Å². The summed E-state index contributed by atoms with van der Waals surface area (Å²) in [6.45, 7) is 6.31. The minimum atomic E-state index is -0.659. The molecule has 1 N–H and O–H groups in total. The molecule has 0 aliphatic carbocycles. The average molecular weight is 455 g/mol. The van der Waals surface area contributed by atoms with Gasteiger partial charge < -0.3 is 14.6 Å². The lowest BCUT2D eigenvalue weighted by molar-refractivity contribution is 0.0374. The number of amides is 1. The summed E-state index contributed by atoms with van der Waals surface area (Å²) < 4.78 is 12.5. The van der Waals surface area contributed by atoms with E-state index < -0.39 is 17.2 Å². The Hall–Kier alpha value is -3.64. The number of carbonyl (C=O) groups excluding carboxylic acids is 1. The number of nitrogens with one attached hydrogen (secondary N) is 1. The Kier molecular flexibility index (Phi) is 7.05. The van der Waals surface area contributed by atoms with Crippen molar-refractivity contribution in [1.82, 2.24) is 34.7 Å². The summed E-state index contributed by atoms with van der Waals surface area (Å²) in [5, 5.41) is 10.6. The molecule has 0 bridgehead atoms. The normalized spacial score (nSPS) is 14.3. The van der Waals surface area contributed by atoms with Crippen LogP contribution in [0.3, 0.4) is 0 Å². The number of nitrogens with zero attached hydrogens (tertiary/aromatic N) is 6. The second-order valence-corrected chi connectivity index (χ2v) is 7.41. The van der Waals surface area contributed by atoms with Gasteiger partial charge in [-0.05, 0) is 32.0 Å². The SMILES string of the molecule is CCn1c(=O)c(-c2noc(C(=O)NCCCN3CCOCC3)n2)nn(-c2ccccc2)c1=O. The average Bonchev–Trinajstić information content (AvgIpc) is 3.34. The molecule has 4 rings (SSSR count). The third kappa shape index (κ3) is 5.07. The number of hydrogen-bond donors (Lipinski definition) is 1. The maximum Gasteiger partial charge on any atom is 0.352 e. The first-order chi connectivity index (χ1) is 16.1. The Labute approximate surface area is 188 Å². The first-order valence-electron chi connectivity index (χ1n) is 10.8. The van der Waals surface area contributed by atoms with Gasteiger partial charge in [-0.1, -0.05) is 23.4 Å². The van der Waals surface area contributed by atoms with Crippen LogP contribution in [0.15, 0.2) is 44.4 Å². The molecule has 12 heteroatoms. The van der Waals surface area contributed by atoms with Crippen LogP contribution in [0.5, 0.6) is 0 Å². The van der Waals surface area contributed by atoms with Crippen LogP contribution < -0.4 is 16.6 Å². The fourth-order valence-electron chi connectivity index (χ4n) is 3.49. The van der Waals surface area contributed by atoms with Crippen LogP contribution >= 0.6 is 0 Å². The lowest BCUT2D eigenvalue weighted by Crippen LogP contribution is -2.41. The van der Waals surface area contributed by atoms with Gasteiger partial charge in [-0.15, -0.1) is 0 Å². The maximum atomic E-state index is 12.8. The van der Waals surface area contributed by atoms with Crippen molar-refractivity contribution in [2.45, 2.75) is 19.9 Å². The fraction of sp³-hybridized carbons (Fsp3) is 0.429. The number of aromatic nitrogens is 5. The first-order valence-corrected chi connectivity index (χ1v) is 10.8. The summed E-state index contributed by atoms with van der Waals surface area (Å²) in [5.41, 5.74) is -0.949. The molecule has 0 spiro atoms. The van der Waals surface area contributed by atoms with Gasteiger partial charge in [0.2, 0.25) is 5.82 Å². The molecule has 0 saturated carbocycles. The zero-order chi connectivity index (χ0) is 23.2. The van der Waals surface area contributed by atoms with E-state index >= 15 is 0 Å². The van der Waals surface area contributed by atoms with Crippen LogP contribution in [0, 0.1) is 0 Å². The minimum absolute atomic E-state index is 0.133. The van der Waals surface area contributed by atoms with Crippen LogP contribution in [0.2, 0.25) is 0 Å². The predicted octanol–water partition coefficient (Wildman–Crippen LogP) is -0.0838. The standard InChI is InChI=1S/C21H25N7O5/c1-2-27-20(30)16(24-28(21(27)31)15-7-4-3-5-8-15)17-23-19(33-25-17)18(29)22-9-6-10-26-11-13-32-14-12-26/h3-5,7-8H,2,6,9-14H2,1H3,(H,22,29). The molecule has 1 aliphatic rings. The molecule has 0 radical (unpaired) electrons. The van der Waals surface area contributed by atoms with E-state index in [-0.39, 0.29) is 24.0 Å². The van der Waals surface area contributed by atoms with E-state index in [0.29, 0.717) is 12.2 Å². The highest BCUT2D eigenvalue weighted by molar-refractivity contribution is 5.89. The van der Waals surface area contributed by atoms with Crippen LogP contribution in [0.4, 0.5) is 0 Å². The van der Waals surface area contributed by atoms with Crippen LogP contribution in [0.1, 0.15) is 24.0 Å². The van der Waals surface area contributed by atoms with Crippen molar-refractivity contribution in [1.29, 1.82) is 0 Å². The summed E-state index contributed by atoms with van der Waals surface area (Å²) >= 11 is 0. The molecule has 12 nitrogen and oxygen atoms in total. The van der Waals surface area contributed by atoms with Crippen molar-refractivity contribution in [3.05, 3.63) is 57.1 Å².